The number of rotatable bonds is 7. The van der Waals surface area contributed by atoms with Gasteiger partial charge in [0, 0.05) is 11.4 Å². The van der Waals surface area contributed by atoms with Gasteiger partial charge in [-0.15, -0.1) is 5.10 Å². The summed E-state index contributed by atoms with van der Waals surface area (Å²) >= 11 is 5.94. The summed E-state index contributed by atoms with van der Waals surface area (Å²) in [6.07, 6.45) is -0.379. The van der Waals surface area contributed by atoms with Gasteiger partial charge in [-0.1, -0.05) is 59.2 Å². The lowest BCUT2D eigenvalue weighted by atomic mass is 10.1. The number of hydrogen-bond acceptors (Lipinski definition) is 7. The summed E-state index contributed by atoms with van der Waals surface area (Å²) < 4.78 is 36.4. The van der Waals surface area contributed by atoms with Crippen LogP contribution < -0.4 is 5.32 Å². The molecule has 1 aromatic heterocycles. The third kappa shape index (κ3) is 6.80. The lowest BCUT2D eigenvalue weighted by Crippen LogP contribution is -2.36. The Balaban J connectivity index is 1.84. The van der Waals surface area contributed by atoms with Gasteiger partial charge in [-0.3, -0.25) is 0 Å². The highest BCUT2D eigenvalue weighted by atomic mass is 35.5. The summed E-state index contributed by atoms with van der Waals surface area (Å²) in [5.74, 6) is -0.387. The highest BCUT2D eigenvalue weighted by Gasteiger charge is 2.28. The second-order valence-electron chi connectivity index (χ2n) is 8.18. The molecule has 0 radical (unpaired) electrons. The summed E-state index contributed by atoms with van der Waals surface area (Å²) in [5, 5.41) is 10.2. The predicted molar refractivity (Wildman–Crippen MR) is 119 cm³/mol. The zero-order valence-corrected chi connectivity index (χ0v) is 19.5. The average Bonchev–Trinajstić information content (AvgIpc) is 3.18. The van der Waals surface area contributed by atoms with Gasteiger partial charge in [0.05, 0.1) is 5.75 Å². The van der Waals surface area contributed by atoms with Crippen molar-refractivity contribution in [3.05, 3.63) is 76.6 Å². The molecule has 0 spiro atoms. The first kappa shape index (κ1) is 23.7. The van der Waals surface area contributed by atoms with Crippen molar-refractivity contribution in [1.82, 2.24) is 15.5 Å². The molecule has 1 unspecified atom stereocenters. The molecule has 3 rings (SSSR count). The topological polar surface area (TPSA) is 111 Å². The number of carbonyl (C=O) groups excluding carboxylic acids is 1. The van der Waals surface area contributed by atoms with Gasteiger partial charge in [-0.2, -0.15) is 0 Å². The van der Waals surface area contributed by atoms with E-state index in [-0.39, 0.29) is 11.6 Å². The van der Waals surface area contributed by atoms with E-state index in [0.29, 0.717) is 17.0 Å². The number of amides is 1. The normalized spacial score (nSPS) is 12.9. The number of carbonyl (C=O) groups is 1. The summed E-state index contributed by atoms with van der Waals surface area (Å²) in [4.78, 5) is 12.4. The van der Waals surface area contributed by atoms with Gasteiger partial charge < -0.3 is 14.5 Å². The molecule has 32 heavy (non-hydrogen) atoms. The van der Waals surface area contributed by atoms with Crippen molar-refractivity contribution in [3.63, 3.8) is 0 Å². The van der Waals surface area contributed by atoms with Crippen molar-refractivity contribution in [1.29, 1.82) is 0 Å². The fourth-order valence-electron chi connectivity index (χ4n) is 2.89. The molecule has 1 amide bonds. The summed E-state index contributed by atoms with van der Waals surface area (Å²) in [6.45, 7) is 5.23. The van der Waals surface area contributed by atoms with Gasteiger partial charge in [0.1, 0.15) is 11.6 Å². The Kier molecular flexibility index (Phi) is 7.20. The average molecular weight is 478 g/mol. The molecule has 1 heterocycles. The second-order valence-corrected chi connectivity index (χ2v) is 10.5. The third-order valence-electron chi connectivity index (χ3n) is 4.21. The number of halogens is 1. The van der Waals surface area contributed by atoms with Crippen molar-refractivity contribution < 1.29 is 22.4 Å². The van der Waals surface area contributed by atoms with E-state index in [1.807, 2.05) is 30.3 Å². The van der Waals surface area contributed by atoms with Crippen LogP contribution in [0.5, 0.6) is 0 Å². The number of sulfone groups is 1. The van der Waals surface area contributed by atoms with Crippen LogP contribution in [-0.2, 0) is 26.7 Å². The second kappa shape index (κ2) is 9.70. The van der Waals surface area contributed by atoms with Crippen LogP contribution in [0.15, 0.2) is 64.2 Å². The number of aromatic nitrogens is 2. The molecule has 2 aromatic carbocycles. The molecule has 0 aliphatic rings. The van der Waals surface area contributed by atoms with Gasteiger partial charge in [0.15, 0.2) is 0 Å². The first-order valence-electron chi connectivity index (χ1n) is 9.86. The highest BCUT2D eigenvalue weighted by Crippen LogP contribution is 2.23. The monoisotopic (exact) mass is 477 g/mol. The van der Waals surface area contributed by atoms with Crippen LogP contribution in [0.3, 0.4) is 0 Å². The van der Waals surface area contributed by atoms with Crippen LogP contribution in [0.25, 0.3) is 0 Å². The van der Waals surface area contributed by atoms with E-state index in [2.05, 4.69) is 15.5 Å². The van der Waals surface area contributed by atoms with E-state index in [0.717, 1.165) is 5.56 Å². The molecule has 1 atom stereocenters. The first-order chi connectivity index (χ1) is 15.0. The number of nitrogens with one attached hydrogen (secondary N) is 1. The van der Waals surface area contributed by atoms with E-state index < -0.39 is 32.8 Å². The molecule has 10 heteroatoms. The van der Waals surface area contributed by atoms with Crippen LogP contribution in [-0.4, -0.2) is 30.3 Å². The first-order valence-corrected chi connectivity index (χ1v) is 11.9. The third-order valence-corrected chi connectivity index (χ3v) is 5.85. The molecule has 0 saturated heterocycles. The zero-order valence-electron chi connectivity index (χ0n) is 17.9. The molecule has 0 aliphatic heterocycles. The minimum atomic E-state index is -3.92. The maximum absolute atomic E-state index is 12.8. The Morgan fingerprint density at radius 1 is 1.09 bits per heavy atom. The molecular weight excluding hydrogens is 454 g/mol. The number of nitrogens with zero attached hydrogens (tertiary/aromatic N) is 2. The smallest absolute Gasteiger partial charge is 0.408 e. The molecule has 0 saturated carbocycles. The standard InChI is InChI=1S/C22H24ClN3O5S/c1-22(2,3)31-20(27)24-18(13-15-8-5-4-6-9-15)19-25-26-21(30-19)32(28,29)14-16-10-7-11-17(23)12-16/h4-12,18H,13-14H2,1-3H3,(H,24,27). The van der Waals surface area contributed by atoms with Crippen LogP contribution in [0.1, 0.15) is 43.8 Å². The van der Waals surface area contributed by atoms with Crippen molar-refractivity contribution in [2.75, 3.05) is 0 Å². The molecular formula is C22H24ClN3O5S. The maximum atomic E-state index is 12.8. The van der Waals surface area contributed by atoms with Gasteiger partial charge in [-0.05, 0) is 44.0 Å². The molecule has 8 nitrogen and oxygen atoms in total. The summed E-state index contributed by atoms with van der Waals surface area (Å²) in [5.41, 5.74) is 0.668. The Morgan fingerprint density at radius 3 is 2.44 bits per heavy atom. The van der Waals surface area contributed by atoms with E-state index in [1.54, 1.807) is 45.0 Å². The number of benzene rings is 2. The van der Waals surface area contributed by atoms with Crippen LogP contribution in [0, 0.1) is 0 Å². The molecule has 3 aromatic rings. The molecule has 170 valence electrons. The zero-order chi connectivity index (χ0) is 23.4. The Hall–Kier alpha value is -2.91. The van der Waals surface area contributed by atoms with E-state index >= 15 is 0 Å². The largest absolute Gasteiger partial charge is 0.444 e. The fraction of sp³-hybridized carbons (Fsp3) is 0.318. The van der Waals surface area contributed by atoms with Crippen LogP contribution in [0.2, 0.25) is 5.02 Å². The van der Waals surface area contributed by atoms with E-state index in [4.69, 9.17) is 20.8 Å². The minimum absolute atomic E-state index is 0.0376. The van der Waals surface area contributed by atoms with E-state index in [9.17, 15) is 13.2 Å². The fourth-order valence-corrected chi connectivity index (χ4v) is 4.23. The number of alkyl carbamates (subject to hydrolysis) is 1. The van der Waals surface area contributed by atoms with E-state index in [1.165, 1.54) is 0 Å². The highest BCUT2D eigenvalue weighted by molar-refractivity contribution is 7.90. The van der Waals surface area contributed by atoms with Gasteiger partial charge in [-0.25, -0.2) is 13.2 Å². The van der Waals surface area contributed by atoms with Crippen molar-refractivity contribution in [3.8, 4) is 0 Å². The predicted octanol–water partition coefficient (Wildman–Crippen LogP) is 4.51. The van der Waals surface area contributed by atoms with Gasteiger partial charge in [0.25, 0.3) is 0 Å². The lowest BCUT2D eigenvalue weighted by Gasteiger charge is -2.22. The Bertz CT molecular complexity index is 1170. The minimum Gasteiger partial charge on any atom is -0.444 e. The van der Waals surface area contributed by atoms with Crippen molar-refractivity contribution in [2.24, 2.45) is 0 Å². The van der Waals surface area contributed by atoms with Gasteiger partial charge >= 0.3 is 11.3 Å². The Morgan fingerprint density at radius 2 is 1.78 bits per heavy atom. The summed E-state index contributed by atoms with van der Waals surface area (Å²) in [7, 11) is -3.92. The lowest BCUT2D eigenvalue weighted by molar-refractivity contribution is 0.0494. The quantitative estimate of drug-likeness (QED) is 0.533. The molecule has 1 N–H and O–H groups in total. The van der Waals surface area contributed by atoms with Crippen molar-refractivity contribution >= 4 is 27.5 Å². The Labute approximate surface area is 191 Å². The number of hydrogen-bond donors (Lipinski definition) is 1. The van der Waals surface area contributed by atoms with Gasteiger partial charge in [0.2, 0.25) is 15.7 Å². The molecule has 0 fully saturated rings. The van der Waals surface area contributed by atoms with Crippen molar-refractivity contribution in [2.45, 2.75) is 49.8 Å². The van der Waals surface area contributed by atoms with Crippen LogP contribution >= 0.6 is 11.6 Å². The SMILES string of the molecule is CC(C)(C)OC(=O)NC(Cc1ccccc1)c1nnc(S(=O)(=O)Cc2cccc(Cl)c2)o1. The summed E-state index contributed by atoms with van der Waals surface area (Å²) in [6, 6.07) is 15.0. The number of ether oxygens (including phenoxy) is 1. The molecule has 0 bridgehead atoms. The van der Waals surface area contributed by atoms with Crippen LogP contribution in [0.4, 0.5) is 4.79 Å². The maximum Gasteiger partial charge on any atom is 0.408 e. The molecule has 0 aliphatic carbocycles.